The van der Waals surface area contributed by atoms with E-state index in [0.29, 0.717) is 25.0 Å². The second-order valence-corrected chi connectivity index (χ2v) is 8.43. The summed E-state index contributed by atoms with van der Waals surface area (Å²) in [6, 6.07) is 12.1. The molecule has 3 heterocycles. The van der Waals surface area contributed by atoms with Gasteiger partial charge in [0.25, 0.3) is 0 Å². The predicted octanol–water partition coefficient (Wildman–Crippen LogP) is 3.35. The van der Waals surface area contributed by atoms with Crippen LogP contribution in [0.4, 0.5) is 11.5 Å². The van der Waals surface area contributed by atoms with Crippen molar-refractivity contribution in [3.8, 4) is 11.8 Å². The minimum absolute atomic E-state index is 0.267. The molecule has 3 N–H and O–H groups in total. The van der Waals surface area contributed by atoms with E-state index in [2.05, 4.69) is 20.9 Å². The lowest BCUT2D eigenvalue weighted by Gasteiger charge is -2.31. The zero-order chi connectivity index (χ0) is 21.2. The molecule has 0 unspecified atom stereocenters. The summed E-state index contributed by atoms with van der Waals surface area (Å²) in [4.78, 5) is 13.8. The number of hydrogen-bond acceptors (Lipinski definition) is 7. The Hall–Kier alpha value is -3.06. The largest absolute Gasteiger partial charge is 0.508 e. The third kappa shape index (κ3) is 4.23. The van der Waals surface area contributed by atoms with Crippen molar-refractivity contribution >= 4 is 22.3 Å². The van der Waals surface area contributed by atoms with Gasteiger partial charge in [-0.25, -0.2) is 0 Å². The van der Waals surface area contributed by atoms with Crippen LogP contribution >= 0.6 is 0 Å². The van der Waals surface area contributed by atoms with E-state index in [9.17, 15) is 5.11 Å². The maximum atomic E-state index is 10.2. The SMILES string of the molecule is Nc1nc(OCCN2CCCCC2)nc2c1CCN(c1cc(O)cc3ccccc13)C2. The number of phenols is 1. The average molecular weight is 420 g/mol. The molecule has 1 aromatic heterocycles. The molecule has 162 valence electrons. The van der Waals surface area contributed by atoms with Crippen LogP contribution in [0.3, 0.4) is 0 Å². The number of hydrogen-bond donors (Lipinski definition) is 2. The Morgan fingerprint density at radius 3 is 2.74 bits per heavy atom. The molecule has 0 saturated carbocycles. The number of piperidine rings is 1. The normalized spacial score (nSPS) is 17.0. The Morgan fingerprint density at radius 2 is 1.87 bits per heavy atom. The lowest BCUT2D eigenvalue weighted by Crippen LogP contribution is -2.34. The molecule has 1 fully saturated rings. The van der Waals surface area contributed by atoms with E-state index in [-0.39, 0.29) is 5.75 Å². The molecule has 0 radical (unpaired) electrons. The number of aromatic nitrogens is 2. The second-order valence-electron chi connectivity index (χ2n) is 8.43. The van der Waals surface area contributed by atoms with Crippen LogP contribution < -0.4 is 15.4 Å². The van der Waals surface area contributed by atoms with Gasteiger partial charge in [-0.2, -0.15) is 9.97 Å². The highest BCUT2D eigenvalue weighted by Crippen LogP contribution is 2.35. The van der Waals surface area contributed by atoms with Gasteiger partial charge in [0, 0.05) is 35.8 Å². The summed E-state index contributed by atoms with van der Waals surface area (Å²) in [7, 11) is 0. The third-order valence-corrected chi connectivity index (χ3v) is 6.33. The average Bonchev–Trinajstić information content (AvgIpc) is 2.79. The molecule has 0 atom stereocenters. The first-order chi connectivity index (χ1) is 15.2. The van der Waals surface area contributed by atoms with E-state index in [4.69, 9.17) is 15.5 Å². The molecular weight excluding hydrogens is 390 g/mol. The number of anilines is 2. The molecule has 0 spiro atoms. The van der Waals surface area contributed by atoms with Crippen molar-refractivity contribution in [1.29, 1.82) is 0 Å². The minimum atomic E-state index is 0.267. The lowest BCUT2D eigenvalue weighted by atomic mass is 10.0. The first-order valence-corrected chi connectivity index (χ1v) is 11.1. The topological polar surface area (TPSA) is 87.7 Å². The van der Waals surface area contributed by atoms with Crippen molar-refractivity contribution in [3.63, 3.8) is 0 Å². The number of phenolic OH excluding ortho intramolecular Hbond substituents is 1. The number of nitrogens with two attached hydrogens (primary N) is 1. The van der Waals surface area contributed by atoms with Crippen LogP contribution in [0.5, 0.6) is 11.8 Å². The summed E-state index contributed by atoms with van der Waals surface area (Å²) in [6.45, 7) is 5.15. The second kappa shape index (κ2) is 8.59. The van der Waals surface area contributed by atoms with Gasteiger partial charge >= 0.3 is 6.01 Å². The molecule has 2 aliphatic heterocycles. The van der Waals surface area contributed by atoms with Gasteiger partial charge in [0.05, 0.1) is 12.2 Å². The van der Waals surface area contributed by atoms with Gasteiger partial charge < -0.3 is 20.5 Å². The number of rotatable bonds is 5. The molecule has 0 amide bonds. The van der Waals surface area contributed by atoms with Crippen LogP contribution in [-0.4, -0.2) is 52.8 Å². The van der Waals surface area contributed by atoms with Crippen molar-refractivity contribution < 1.29 is 9.84 Å². The first kappa shape index (κ1) is 19.9. The molecule has 3 aromatic rings. The van der Waals surface area contributed by atoms with Crippen molar-refractivity contribution in [1.82, 2.24) is 14.9 Å². The molecule has 31 heavy (non-hydrogen) atoms. The summed E-state index contributed by atoms with van der Waals surface area (Å²) >= 11 is 0. The summed E-state index contributed by atoms with van der Waals surface area (Å²) in [5, 5.41) is 12.4. The van der Waals surface area contributed by atoms with E-state index in [1.807, 2.05) is 24.3 Å². The van der Waals surface area contributed by atoms with E-state index in [1.165, 1.54) is 19.3 Å². The number of benzene rings is 2. The van der Waals surface area contributed by atoms with E-state index in [0.717, 1.165) is 60.3 Å². The Labute approximate surface area is 182 Å². The van der Waals surface area contributed by atoms with Gasteiger partial charge in [-0.3, -0.25) is 4.90 Å². The van der Waals surface area contributed by atoms with E-state index < -0.39 is 0 Å². The van der Waals surface area contributed by atoms with Gasteiger partial charge in [0.15, 0.2) is 0 Å². The Kier molecular flexibility index (Phi) is 5.51. The molecule has 7 nitrogen and oxygen atoms in total. The fourth-order valence-corrected chi connectivity index (χ4v) is 4.69. The molecule has 0 aliphatic carbocycles. The van der Waals surface area contributed by atoms with Crippen LogP contribution in [0.15, 0.2) is 36.4 Å². The van der Waals surface area contributed by atoms with Gasteiger partial charge in [-0.1, -0.05) is 30.7 Å². The standard InChI is InChI=1S/C24H29N5O2/c25-23-20-8-11-29(22-15-18(30)14-17-6-2-3-7-19(17)22)16-21(20)26-24(27-23)31-13-12-28-9-4-1-5-10-28/h2-3,6-7,14-15,30H,1,4-5,8-13,16H2,(H2,25,26,27). The van der Waals surface area contributed by atoms with Crippen molar-refractivity contribution in [2.45, 2.75) is 32.2 Å². The number of fused-ring (bicyclic) bond motifs is 2. The van der Waals surface area contributed by atoms with Crippen LogP contribution in [0.2, 0.25) is 0 Å². The third-order valence-electron chi connectivity index (χ3n) is 6.33. The quantitative estimate of drug-likeness (QED) is 0.656. The fraction of sp³-hybridized carbons (Fsp3) is 0.417. The number of likely N-dealkylation sites (tertiary alicyclic amines) is 1. The van der Waals surface area contributed by atoms with Crippen molar-refractivity contribution in [3.05, 3.63) is 47.7 Å². The molecular formula is C24H29N5O2. The summed E-state index contributed by atoms with van der Waals surface area (Å²) in [5.74, 6) is 0.779. The minimum Gasteiger partial charge on any atom is -0.508 e. The van der Waals surface area contributed by atoms with Gasteiger partial charge in [0.2, 0.25) is 0 Å². The smallest absolute Gasteiger partial charge is 0.318 e. The Balaban J connectivity index is 1.34. The molecule has 7 heteroatoms. The van der Waals surface area contributed by atoms with Gasteiger partial charge in [-0.05, 0) is 43.8 Å². The van der Waals surface area contributed by atoms with Gasteiger partial charge in [-0.15, -0.1) is 0 Å². The fourth-order valence-electron chi connectivity index (χ4n) is 4.69. The number of aromatic hydroxyl groups is 1. The molecule has 2 aliphatic rings. The van der Waals surface area contributed by atoms with Crippen LogP contribution in [-0.2, 0) is 13.0 Å². The summed E-state index contributed by atoms with van der Waals surface area (Å²) in [6.07, 6.45) is 4.62. The summed E-state index contributed by atoms with van der Waals surface area (Å²) in [5.41, 5.74) is 9.17. The molecule has 2 aromatic carbocycles. The maximum Gasteiger partial charge on any atom is 0.318 e. The van der Waals surface area contributed by atoms with E-state index >= 15 is 0 Å². The molecule has 0 bridgehead atoms. The highest BCUT2D eigenvalue weighted by molar-refractivity contribution is 5.95. The Morgan fingerprint density at radius 1 is 1.03 bits per heavy atom. The Bertz CT molecular complexity index is 1080. The number of ether oxygens (including phenoxy) is 1. The van der Waals surface area contributed by atoms with Crippen LogP contribution in [0.25, 0.3) is 10.8 Å². The highest BCUT2D eigenvalue weighted by Gasteiger charge is 2.23. The van der Waals surface area contributed by atoms with Crippen LogP contribution in [0.1, 0.15) is 30.5 Å². The molecule has 5 rings (SSSR count). The summed E-state index contributed by atoms with van der Waals surface area (Å²) < 4.78 is 5.88. The highest BCUT2D eigenvalue weighted by atomic mass is 16.5. The number of nitrogens with zero attached hydrogens (tertiary/aromatic N) is 4. The zero-order valence-electron chi connectivity index (χ0n) is 17.8. The lowest BCUT2D eigenvalue weighted by molar-refractivity contribution is 0.177. The zero-order valence-corrected chi connectivity index (χ0v) is 17.8. The first-order valence-electron chi connectivity index (χ1n) is 11.1. The van der Waals surface area contributed by atoms with E-state index in [1.54, 1.807) is 6.07 Å². The molecule has 1 saturated heterocycles. The maximum absolute atomic E-state index is 10.2. The van der Waals surface area contributed by atoms with Crippen molar-refractivity contribution in [2.75, 3.05) is 43.4 Å². The predicted molar refractivity (Wildman–Crippen MR) is 123 cm³/mol. The van der Waals surface area contributed by atoms with Crippen LogP contribution in [0, 0.1) is 0 Å². The van der Waals surface area contributed by atoms with Crippen molar-refractivity contribution in [2.24, 2.45) is 0 Å². The number of nitrogen functional groups attached to an aromatic ring is 1. The monoisotopic (exact) mass is 419 g/mol. The van der Waals surface area contributed by atoms with Gasteiger partial charge in [0.1, 0.15) is 18.2 Å².